The van der Waals surface area contributed by atoms with Crippen molar-refractivity contribution < 1.29 is 24.6 Å². The third kappa shape index (κ3) is 8.84. The smallest absolute Gasteiger partial charge is 1.00 e. The summed E-state index contributed by atoms with van der Waals surface area (Å²) < 4.78 is 0. The Kier molecular flexibility index (Phi) is 125. The molecule has 0 bridgehead atoms. The zero-order valence-electron chi connectivity index (χ0n) is 4.36. The van der Waals surface area contributed by atoms with E-state index in [-0.39, 0.29) is 95.8 Å². The van der Waals surface area contributed by atoms with Gasteiger partial charge in [0.2, 0.25) is 0 Å². The van der Waals surface area contributed by atoms with Gasteiger partial charge >= 0.3 is 45.5 Å². The predicted molar refractivity (Wildman–Crippen MR) is 19.5 cm³/mol. The summed E-state index contributed by atoms with van der Waals surface area (Å²) in [5.74, 6) is 0. The molecule has 0 saturated carbocycles. The summed E-state index contributed by atoms with van der Waals surface area (Å²) in [6, 6.07) is 0. The standard InChI is InChI=1S/Al.B.Sr.Ti.2H/q;;+2;;2*-1. The molecule has 0 unspecified atom stereocenters. The van der Waals surface area contributed by atoms with Gasteiger partial charge in [0.15, 0.2) is 0 Å². The fourth-order valence-corrected chi connectivity index (χ4v) is 0. The topological polar surface area (TPSA) is 0 Å². The van der Waals surface area contributed by atoms with Gasteiger partial charge in [-0.15, -0.1) is 0 Å². The van der Waals surface area contributed by atoms with Gasteiger partial charge in [-0.1, -0.05) is 0 Å². The Hall–Kier alpha value is 2.79. The first-order chi connectivity index (χ1) is 0. The molecule has 4 heteroatoms. The Morgan fingerprint density at radius 1 is 1.25 bits per heavy atom. The van der Waals surface area contributed by atoms with Crippen LogP contribution in [-0.4, -0.2) is 71.3 Å². The molecule has 0 aliphatic heterocycles. The first-order valence-corrected chi connectivity index (χ1v) is 0. The molecular weight excluding hydrogens is 173 g/mol. The van der Waals surface area contributed by atoms with E-state index in [4.69, 9.17) is 0 Å². The molecule has 0 aromatic carbocycles. The molecule has 0 fully saturated rings. The Morgan fingerprint density at radius 3 is 1.25 bits per heavy atom. The summed E-state index contributed by atoms with van der Waals surface area (Å²) in [5.41, 5.74) is 0. The van der Waals surface area contributed by atoms with Gasteiger partial charge in [0.25, 0.3) is 0 Å². The van der Waals surface area contributed by atoms with Crippen LogP contribution in [0, 0.1) is 0 Å². The predicted octanol–water partition coefficient (Wildman–Crippen LogP) is -0.920. The van der Waals surface area contributed by atoms with Crippen LogP contribution in [0.5, 0.6) is 0 Å². The molecule has 0 aromatic rings. The van der Waals surface area contributed by atoms with Crippen LogP contribution >= 0.6 is 0 Å². The second kappa shape index (κ2) is 17.1. The molecule has 4 heavy (non-hydrogen) atoms. The zero-order chi connectivity index (χ0) is 0. The van der Waals surface area contributed by atoms with Gasteiger partial charge in [0.05, 0.1) is 0 Å². The summed E-state index contributed by atoms with van der Waals surface area (Å²) in [4.78, 5) is 0. The van der Waals surface area contributed by atoms with Crippen molar-refractivity contribution in [1.82, 2.24) is 0 Å². The maximum Gasteiger partial charge on any atom is 2.00 e. The maximum absolute atomic E-state index is 0. The number of hydrogen-bond donors (Lipinski definition) is 0. The fraction of sp³-hybridized carbons (Fsp3) is 0. The van der Waals surface area contributed by atoms with Crippen molar-refractivity contribution in [3.63, 3.8) is 0 Å². The van der Waals surface area contributed by atoms with Crippen LogP contribution in [0.2, 0.25) is 0 Å². The van der Waals surface area contributed by atoms with Gasteiger partial charge in [-0.05, 0) is 0 Å². The van der Waals surface area contributed by atoms with Crippen LogP contribution in [0.25, 0.3) is 0 Å². The average molecular weight is 175 g/mol. The van der Waals surface area contributed by atoms with Gasteiger partial charge in [-0.2, -0.15) is 0 Å². The first kappa shape index (κ1) is 29.2. The molecule has 0 nitrogen and oxygen atoms in total. The van der Waals surface area contributed by atoms with Crippen LogP contribution in [0.15, 0.2) is 0 Å². The van der Waals surface area contributed by atoms with Gasteiger partial charge < -0.3 is 2.85 Å². The van der Waals surface area contributed by atoms with Crippen LogP contribution in [-0.2, 0) is 21.7 Å². The van der Waals surface area contributed by atoms with E-state index in [1.165, 1.54) is 0 Å². The molecule has 0 heterocycles. The summed E-state index contributed by atoms with van der Waals surface area (Å²) >= 11 is 0. The summed E-state index contributed by atoms with van der Waals surface area (Å²) in [6.07, 6.45) is 0. The molecule has 0 spiro atoms. The Bertz CT molecular complexity index is 13.5. The van der Waals surface area contributed by atoms with Crippen LogP contribution in [0.4, 0.5) is 0 Å². The maximum atomic E-state index is 0. The van der Waals surface area contributed by atoms with E-state index in [0.29, 0.717) is 0 Å². The third-order valence-electron chi connectivity index (χ3n) is 0. The Balaban J connectivity index is 0. The molecule has 0 aliphatic carbocycles. The minimum atomic E-state index is 0. The van der Waals surface area contributed by atoms with Gasteiger partial charge in [-0.3, -0.25) is 0 Å². The van der Waals surface area contributed by atoms with E-state index in [1.807, 2.05) is 0 Å². The molecule has 0 amide bonds. The molecule has 0 rings (SSSR count). The van der Waals surface area contributed by atoms with Crippen LogP contribution < -0.4 is 0 Å². The average Bonchev–Trinajstić information content (AvgIpc) is 0. The Labute approximate surface area is 93.9 Å². The SMILES string of the molecule is [Al].[B].[H-].[H-].[Sr+2].[Ti]. The molecule has 14 valence electrons. The first-order valence-electron chi connectivity index (χ1n) is 0. The zero-order valence-corrected chi connectivity index (χ0v) is 8.55. The largest absolute Gasteiger partial charge is 2.00 e. The monoisotopic (exact) mass is 176 g/mol. The van der Waals surface area contributed by atoms with E-state index >= 15 is 0 Å². The minimum absolute atomic E-state index is 0. The summed E-state index contributed by atoms with van der Waals surface area (Å²) in [7, 11) is 0. The van der Waals surface area contributed by atoms with Crippen molar-refractivity contribution in [3.8, 4) is 0 Å². The van der Waals surface area contributed by atoms with Gasteiger partial charge in [-0.25, -0.2) is 0 Å². The van der Waals surface area contributed by atoms with Gasteiger partial charge in [0, 0.05) is 47.5 Å². The molecular formula is H2AlBSrTi. The van der Waals surface area contributed by atoms with Crippen molar-refractivity contribution in [1.29, 1.82) is 0 Å². The van der Waals surface area contributed by atoms with Crippen LogP contribution in [0.3, 0.4) is 0 Å². The van der Waals surface area contributed by atoms with Gasteiger partial charge in [0.1, 0.15) is 0 Å². The van der Waals surface area contributed by atoms with Crippen molar-refractivity contribution in [3.05, 3.63) is 0 Å². The summed E-state index contributed by atoms with van der Waals surface area (Å²) in [5, 5.41) is 0. The second-order valence-corrected chi connectivity index (χ2v) is 0. The second-order valence-electron chi connectivity index (χ2n) is 0. The molecule has 0 aromatic heterocycles. The van der Waals surface area contributed by atoms with E-state index in [1.54, 1.807) is 0 Å². The minimum Gasteiger partial charge on any atom is -1.00 e. The van der Waals surface area contributed by atoms with Crippen molar-refractivity contribution in [2.75, 3.05) is 0 Å². The summed E-state index contributed by atoms with van der Waals surface area (Å²) in [6.45, 7) is 0. The molecule has 0 atom stereocenters. The van der Waals surface area contributed by atoms with E-state index in [2.05, 4.69) is 0 Å². The normalized spacial score (nSPS) is 0. The van der Waals surface area contributed by atoms with Crippen LogP contribution in [0.1, 0.15) is 2.85 Å². The molecule has 0 saturated heterocycles. The number of rotatable bonds is 0. The van der Waals surface area contributed by atoms with Crippen molar-refractivity contribution in [2.24, 2.45) is 0 Å². The Morgan fingerprint density at radius 2 is 1.25 bits per heavy atom. The van der Waals surface area contributed by atoms with Crippen molar-refractivity contribution >= 4 is 71.3 Å². The molecule has 6 radical (unpaired) electrons. The number of hydrogen-bond acceptors (Lipinski definition) is 0. The van der Waals surface area contributed by atoms with E-state index < -0.39 is 0 Å². The van der Waals surface area contributed by atoms with E-state index in [9.17, 15) is 0 Å². The molecule has 0 aliphatic rings. The van der Waals surface area contributed by atoms with E-state index in [0.717, 1.165) is 0 Å². The van der Waals surface area contributed by atoms with Crippen molar-refractivity contribution in [2.45, 2.75) is 0 Å². The fourth-order valence-electron chi connectivity index (χ4n) is 0. The third-order valence-corrected chi connectivity index (χ3v) is 0. The quantitative estimate of drug-likeness (QED) is 0.418. The molecule has 0 N–H and O–H groups in total.